The number of esters is 1. The van der Waals surface area contributed by atoms with Crippen LogP contribution in [0, 0.1) is 11.3 Å². The first-order valence-electron chi connectivity index (χ1n) is 7.13. The Kier molecular flexibility index (Phi) is 4.94. The van der Waals surface area contributed by atoms with E-state index in [0.717, 1.165) is 18.4 Å². The minimum atomic E-state index is -0.566. The topological polar surface area (TPSA) is 79.2 Å². The van der Waals surface area contributed by atoms with E-state index in [9.17, 15) is 9.59 Å². The summed E-state index contributed by atoms with van der Waals surface area (Å²) in [6.45, 7) is 1.93. The Morgan fingerprint density at radius 3 is 2.76 bits per heavy atom. The fraction of sp³-hybridized carbons (Fsp3) is 0.438. The molecule has 0 aromatic heterocycles. The molecule has 1 amide bonds. The summed E-state index contributed by atoms with van der Waals surface area (Å²) in [6.07, 6.45) is 3.16. The Hall–Kier alpha value is -2.35. The molecule has 1 saturated carbocycles. The zero-order valence-electron chi connectivity index (χ0n) is 12.0. The third-order valence-electron chi connectivity index (χ3n) is 3.62. The van der Waals surface area contributed by atoms with Crippen molar-refractivity contribution in [1.29, 1.82) is 5.26 Å². The minimum absolute atomic E-state index is 0.243. The van der Waals surface area contributed by atoms with Gasteiger partial charge in [-0.15, -0.1) is 0 Å². The Morgan fingerprint density at radius 2 is 2.19 bits per heavy atom. The molecule has 0 aliphatic heterocycles. The first kappa shape index (κ1) is 15.0. The van der Waals surface area contributed by atoms with Crippen LogP contribution in [0.15, 0.2) is 18.2 Å². The molecule has 0 radical (unpaired) electrons. The van der Waals surface area contributed by atoms with E-state index in [1.165, 1.54) is 6.42 Å². The van der Waals surface area contributed by atoms with Gasteiger partial charge in [0, 0.05) is 0 Å². The van der Waals surface area contributed by atoms with Crippen molar-refractivity contribution < 1.29 is 14.3 Å². The van der Waals surface area contributed by atoms with Crippen LogP contribution in [0.1, 0.15) is 49.7 Å². The molecule has 1 fully saturated rings. The third-order valence-corrected chi connectivity index (χ3v) is 3.62. The van der Waals surface area contributed by atoms with E-state index in [1.807, 2.05) is 12.1 Å². The molecule has 1 aromatic carbocycles. The van der Waals surface area contributed by atoms with E-state index in [-0.39, 0.29) is 13.0 Å². The maximum atomic E-state index is 11.8. The molecule has 0 spiro atoms. The standard InChI is InChI=1S/C16H18N2O3/c1-2-21-16(20)9-15(19)18-14-8-12(11-4-3-5-11)6-7-13(14)10-17/h6-8,11H,2-5,9H2,1H3,(H,18,19). The second-order valence-corrected chi connectivity index (χ2v) is 5.07. The van der Waals surface area contributed by atoms with Gasteiger partial charge >= 0.3 is 5.97 Å². The van der Waals surface area contributed by atoms with Crippen LogP contribution in [0.4, 0.5) is 5.69 Å². The van der Waals surface area contributed by atoms with E-state index in [1.54, 1.807) is 13.0 Å². The lowest BCUT2D eigenvalue weighted by molar-refractivity contribution is -0.145. The van der Waals surface area contributed by atoms with Crippen molar-refractivity contribution in [2.45, 2.75) is 38.5 Å². The van der Waals surface area contributed by atoms with Crippen molar-refractivity contribution >= 4 is 17.6 Å². The molecule has 5 heteroatoms. The summed E-state index contributed by atoms with van der Waals surface area (Å²) < 4.78 is 4.73. The van der Waals surface area contributed by atoms with Crippen LogP contribution in [0.25, 0.3) is 0 Å². The predicted molar refractivity (Wildman–Crippen MR) is 77.6 cm³/mol. The Balaban J connectivity index is 2.08. The molecule has 1 aromatic rings. The van der Waals surface area contributed by atoms with Crippen LogP contribution in [0.5, 0.6) is 0 Å². The van der Waals surface area contributed by atoms with Crippen LogP contribution >= 0.6 is 0 Å². The van der Waals surface area contributed by atoms with Gasteiger partial charge in [-0.05, 0) is 43.4 Å². The number of ether oxygens (including phenoxy) is 1. The largest absolute Gasteiger partial charge is 0.466 e. The Bertz CT molecular complexity index is 586. The molecule has 0 heterocycles. The van der Waals surface area contributed by atoms with Gasteiger partial charge in [0.05, 0.1) is 17.9 Å². The molecular formula is C16H18N2O3. The second-order valence-electron chi connectivity index (χ2n) is 5.07. The number of carbonyl (C=O) groups is 2. The molecule has 0 saturated heterocycles. The highest BCUT2D eigenvalue weighted by molar-refractivity contribution is 6.02. The molecular weight excluding hydrogens is 268 g/mol. The highest BCUT2D eigenvalue weighted by Crippen LogP contribution is 2.37. The summed E-state index contributed by atoms with van der Waals surface area (Å²) in [5.74, 6) is -0.516. The number of hydrogen-bond donors (Lipinski definition) is 1. The molecule has 0 bridgehead atoms. The van der Waals surface area contributed by atoms with Gasteiger partial charge in [-0.1, -0.05) is 12.5 Å². The Labute approximate surface area is 123 Å². The van der Waals surface area contributed by atoms with Gasteiger partial charge in [0.15, 0.2) is 0 Å². The molecule has 0 unspecified atom stereocenters. The third kappa shape index (κ3) is 3.82. The number of nitriles is 1. The highest BCUT2D eigenvalue weighted by atomic mass is 16.5. The predicted octanol–water partition coefficient (Wildman–Crippen LogP) is 2.72. The van der Waals surface area contributed by atoms with E-state index in [0.29, 0.717) is 17.2 Å². The van der Waals surface area contributed by atoms with Crippen molar-refractivity contribution in [2.75, 3.05) is 11.9 Å². The summed E-state index contributed by atoms with van der Waals surface area (Å²) in [5.41, 5.74) is 2.00. The number of hydrogen-bond acceptors (Lipinski definition) is 4. The molecule has 21 heavy (non-hydrogen) atoms. The normalized spacial score (nSPS) is 13.9. The number of carbonyl (C=O) groups excluding carboxylic acids is 2. The van der Waals surface area contributed by atoms with Gasteiger partial charge < -0.3 is 10.1 Å². The van der Waals surface area contributed by atoms with Gasteiger partial charge in [0.25, 0.3) is 0 Å². The lowest BCUT2D eigenvalue weighted by Crippen LogP contribution is -2.19. The van der Waals surface area contributed by atoms with Gasteiger partial charge in [-0.25, -0.2) is 0 Å². The molecule has 1 aliphatic carbocycles. The summed E-state index contributed by atoms with van der Waals surface area (Å²) in [4.78, 5) is 23.1. The van der Waals surface area contributed by atoms with E-state index in [2.05, 4.69) is 11.4 Å². The Morgan fingerprint density at radius 1 is 1.43 bits per heavy atom. The van der Waals surface area contributed by atoms with E-state index < -0.39 is 11.9 Å². The van der Waals surface area contributed by atoms with Crippen molar-refractivity contribution in [1.82, 2.24) is 0 Å². The van der Waals surface area contributed by atoms with Crippen LogP contribution in [-0.2, 0) is 14.3 Å². The highest BCUT2D eigenvalue weighted by Gasteiger charge is 2.21. The molecule has 1 N–H and O–H groups in total. The molecule has 110 valence electrons. The van der Waals surface area contributed by atoms with Crippen LogP contribution in [0.3, 0.4) is 0 Å². The monoisotopic (exact) mass is 286 g/mol. The van der Waals surface area contributed by atoms with E-state index in [4.69, 9.17) is 10.00 Å². The molecule has 5 nitrogen and oxygen atoms in total. The van der Waals surface area contributed by atoms with Crippen LogP contribution in [0.2, 0.25) is 0 Å². The molecule has 1 aliphatic rings. The van der Waals surface area contributed by atoms with Crippen molar-refractivity contribution in [2.24, 2.45) is 0 Å². The van der Waals surface area contributed by atoms with Gasteiger partial charge in [0.1, 0.15) is 12.5 Å². The van der Waals surface area contributed by atoms with Crippen LogP contribution < -0.4 is 5.32 Å². The number of nitrogens with one attached hydrogen (secondary N) is 1. The van der Waals surface area contributed by atoms with Gasteiger partial charge in [-0.3, -0.25) is 9.59 Å². The van der Waals surface area contributed by atoms with Crippen molar-refractivity contribution in [3.05, 3.63) is 29.3 Å². The summed E-state index contributed by atoms with van der Waals surface area (Å²) in [5, 5.41) is 11.7. The quantitative estimate of drug-likeness (QED) is 0.666. The van der Waals surface area contributed by atoms with Crippen molar-refractivity contribution in [3.63, 3.8) is 0 Å². The summed E-state index contributed by atoms with van der Waals surface area (Å²) in [7, 11) is 0. The SMILES string of the molecule is CCOC(=O)CC(=O)Nc1cc(C2CCC2)ccc1C#N. The molecule has 2 rings (SSSR count). The fourth-order valence-electron chi connectivity index (χ4n) is 2.30. The minimum Gasteiger partial charge on any atom is -0.466 e. The zero-order chi connectivity index (χ0) is 15.2. The van der Waals surface area contributed by atoms with Gasteiger partial charge in [-0.2, -0.15) is 5.26 Å². The lowest BCUT2D eigenvalue weighted by Gasteiger charge is -2.26. The summed E-state index contributed by atoms with van der Waals surface area (Å²) in [6, 6.07) is 7.54. The lowest BCUT2D eigenvalue weighted by atomic mass is 9.80. The smallest absolute Gasteiger partial charge is 0.315 e. The number of anilines is 1. The van der Waals surface area contributed by atoms with E-state index >= 15 is 0 Å². The first-order chi connectivity index (χ1) is 10.1. The average Bonchev–Trinajstić information content (AvgIpc) is 2.37. The van der Waals surface area contributed by atoms with Crippen molar-refractivity contribution in [3.8, 4) is 6.07 Å². The fourth-order valence-corrected chi connectivity index (χ4v) is 2.30. The average molecular weight is 286 g/mol. The van der Waals surface area contributed by atoms with Crippen LogP contribution in [-0.4, -0.2) is 18.5 Å². The number of benzene rings is 1. The zero-order valence-corrected chi connectivity index (χ0v) is 12.0. The second kappa shape index (κ2) is 6.89. The van der Waals surface area contributed by atoms with Gasteiger partial charge in [0.2, 0.25) is 5.91 Å². The maximum absolute atomic E-state index is 11.8. The molecule has 0 atom stereocenters. The summed E-state index contributed by atoms with van der Waals surface area (Å²) >= 11 is 0. The number of rotatable bonds is 5. The first-order valence-corrected chi connectivity index (χ1v) is 7.13. The number of nitrogens with zero attached hydrogens (tertiary/aromatic N) is 1. The number of amides is 1. The maximum Gasteiger partial charge on any atom is 0.315 e.